The zero-order chi connectivity index (χ0) is 59.2. The van der Waals surface area contributed by atoms with E-state index in [2.05, 4.69) is 21.1 Å². The number of nitrogens with one attached hydrogen (secondary N) is 2. The van der Waals surface area contributed by atoms with E-state index < -0.39 is 197 Å². The van der Waals surface area contributed by atoms with Crippen molar-refractivity contribution in [2.24, 2.45) is 27.4 Å². The Hall–Kier alpha value is -7.40. The summed E-state index contributed by atoms with van der Waals surface area (Å²) in [6.45, 7) is 5.85. The highest BCUT2D eigenvalue weighted by Crippen LogP contribution is 2.54. The van der Waals surface area contributed by atoms with Crippen molar-refractivity contribution in [3.8, 4) is 23.0 Å². The summed E-state index contributed by atoms with van der Waals surface area (Å²) in [5.41, 5.74) is 16.4. The van der Waals surface area contributed by atoms with Gasteiger partial charge in [-0.2, -0.15) is 10.2 Å². The third kappa shape index (κ3) is 10.0. The van der Waals surface area contributed by atoms with Gasteiger partial charge in [-0.15, -0.1) is 0 Å². The molecule has 2 saturated heterocycles. The average Bonchev–Trinajstić information content (AvgIpc) is 1.96. The predicted octanol–water partition coefficient (Wildman–Crippen LogP) is 0.968. The number of carbonyl (C=O) groups excluding carboxylic acids is 6. The summed E-state index contributed by atoms with van der Waals surface area (Å²) >= 11 is 0. The molecule has 2 amide bonds. The van der Waals surface area contributed by atoms with E-state index in [0.717, 1.165) is 0 Å². The van der Waals surface area contributed by atoms with E-state index in [9.17, 15) is 69.6 Å². The van der Waals surface area contributed by atoms with E-state index in [0.29, 0.717) is 0 Å². The molecule has 4 aromatic carbocycles. The topological polar surface area (TPSA) is 428 Å². The Balaban J connectivity index is 0.842. The molecule has 82 heavy (non-hydrogen) atoms. The molecule has 4 aliphatic carbocycles. The van der Waals surface area contributed by atoms with Gasteiger partial charge in [-0.1, -0.05) is 48.5 Å². The molecule has 2 fully saturated rings. The number of phenolic OH excluding ortho intramolecular Hbond substituents is 4. The molecule has 0 radical (unpaired) electrons. The van der Waals surface area contributed by atoms with Crippen molar-refractivity contribution in [3.63, 3.8) is 0 Å². The summed E-state index contributed by atoms with van der Waals surface area (Å²) in [5, 5.41) is 101. The van der Waals surface area contributed by atoms with Gasteiger partial charge in [0, 0.05) is 114 Å². The van der Waals surface area contributed by atoms with E-state index in [1.165, 1.54) is 50.2 Å². The Morgan fingerprint density at radius 3 is 1.24 bits per heavy atom. The van der Waals surface area contributed by atoms with Crippen molar-refractivity contribution in [2.75, 3.05) is 0 Å². The standard InChI is InChI=1S/C57H63N7O18/c1-21-46(67)32(59)15-38(79-21)81-34-19-56(77,17-30-40(34)54(75)44-42(52(30)73)48(69)26-9-5-7-11-28(26)50(44)71)23(3)61-63-36(65)13-25(58)14-37(66)64-62-24(4)57(78)18-31-41(35(20-57)82-39-16-33(60)47(68)22(2)80-39)55(76)45-43(53(31)74)49(70)27-10-6-8-12-29(27)51(45)72/h5-12,21-22,25,32-35,38-39,46-47,67-68,73-78H,13-20,58-60H2,1-4H3,(H,63,65)(H,64,66)/b61-23-,62-24+/t21-,22-,25?,32-,33-,34-,35-,38-,39-,46+,47+,56-,57-/m0/s1. The van der Waals surface area contributed by atoms with Crippen molar-refractivity contribution in [2.45, 2.75) is 158 Å². The normalized spacial score (nSPS) is 30.0. The number of aromatic hydroxyl groups is 4. The number of carbonyl (C=O) groups is 6. The van der Waals surface area contributed by atoms with E-state index in [-0.39, 0.29) is 68.8 Å². The van der Waals surface area contributed by atoms with Crippen molar-refractivity contribution >= 4 is 46.4 Å². The van der Waals surface area contributed by atoms with Crippen LogP contribution in [0.1, 0.15) is 164 Å². The number of aliphatic hydroxyl groups is 4. The van der Waals surface area contributed by atoms with Crippen LogP contribution in [0.15, 0.2) is 58.7 Å². The minimum atomic E-state index is -2.08. The highest BCUT2D eigenvalue weighted by molar-refractivity contribution is 6.31. The molecule has 4 aromatic rings. The molecule has 0 aromatic heterocycles. The molecule has 6 aliphatic rings. The number of phenols is 4. The largest absolute Gasteiger partial charge is 0.507 e. The second kappa shape index (κ2) is 21.7. The molecule has 2 aliphatic heterocycles. The van der Waals surface area contributed by atoms with Gasteiger partial charge < -0.3 is 77.0 Å². The van der Waals surface area contributed by atoms with Crippen LogP contribution in [-0.2, 0) is 41.4 Å². The van der Waals surface area contributed by atoms with Crippen LogP contribution in [0, 0.1) is 0 Å². The highest BCUT2D eigenvalue weighted by atomic mass is 16.7. The zero-order valence-electron chi connectivity index (χ0n) is 44.9. The number of hydrogen-bond donors (Lipinski definition) is 13. The number of nitrogens with zero attached hydrogens (tertiary/aromatic N) is 2. The first kappa shape index (κ1) is 57.8. The van der Waals surface area contributed by atoms with Crippen LogP contribution >= 0.6 is 0 Å². The molecule has 25 nitrogen and oxygen atoms in total. The third-order valence-corrected chi connectivity index (χ3v) is 16.6. The maximum absolute atomic E-state index is 13.9. The molecular formula is C57H63N7O18. The molecule has 0 saturated carbocycles. The quantitative estimate of drug-likeness (QED) is 0.0461. The van der Waals surface area contributed by atoms with Gasteiger partial charge in [-0.05, 0) is 27.7 Å². The van der Waals surface area contributed by atoms with E-state index >= 15 is 0 Å². The second-order valence-corrected chi connectivity index (χ2v) is 22.1. The van der Waals surface area contributed by atoms with Gasteiger partial charge in [0.25, 0.3) is 0 Å². The number of ketones is 4. The van der Waals surface area contributed by atoms with Crippen LogP contribution in [0.5, 0.6) is 23.0 Å². The second-order valence-electron chi connectivity index (χ2n) is 22.1. The molecule has 2 heterocycles. The summed E-state index contributed by atoms with van der Waals surface area (Å²) in [6.07, 6.45) is -11.6. The fourth-order valence-corrected chi connectivity index (χ4v) is 12.0. The Morgan fingerprint density at radius 2 is 0.927 bits per heavy atom. The van der Waals surface area contributed by atoms with Crippen LogP contribution in [0.25, 0.3) is 0 Å². The lowest BCUT2D eigenvalue weighted by molar-refractivity contribution is -0.246. The molecule has 0 spiro atoms. The predicted molar refractivity (Wildman–Crippen MR) is 286 cm³/mol. The lowest BCUT2D eigenvalue weighted by Crippen LogP contribution is -2.52. The number of hydrogen-bond acceptors (Lipinski definition) is 23. The zero-order valence-corrected chi connectivity index (χ0v) is 44.9. The average molecular weight is 1130 g/mol. The SMILES string of the molecule is C/C(=N/NC(=O)CC(N)CC(=O)N/N=C(\C)[C@]1(O)Cc2c(O)c3c(c(O)c2[C@@H](O[C@H]2C[C@H](N)[C@H](O)[C@H](C)O2)C1)C(=O)c1ccccc1C3=O)[C@]1(O)Cc2c(O)c3c(c(O)c2[C@@H](O[C@H]2C[C@H](N)[C@H](O)[C@H](C)O2)C1)C(=O)c1ccccc1C3=O. The first-order chi connectivity index (χ1) is 38.7. The first-order valence-electron chi connectivity index (χ1n) is 26.7. The van der Waals surface area contributed by atoms with E-state index in [1.54, 1.807) is 26.0 Å². The maximum atomic E-state index is 13.9. The molecule has 16 N–H and O–H groups in total. The third-order valence-electron chi connectivity index (χ3n) is 16.6. The lowest BCUT2D eigenvalue weighted by atomic mass is 9.72. The summed E-state index contributed by atoms with van der Waals surface area (Å²) in [4.78, 5) is 82.1. The van der Waals surface area contributed by atoms with E-state index in [4.69, 9.17) is 36.1 Å². The Morgan fingerprint density at radius 1 is 0.610 bits per heavy atom. The summed E-state index contributed by atoms with van der Waals surface area (Å²) in [7, 11) is 0. The Kier molecular flexibility index (Phi) is 15.3. The summed E-state index contributed by atoms with van der Waals surface area (Å²) < 4.78 is 24.4. The smallest absolute Gasteiger partial charge is 0.241 e. The molecule has 10 rings (SSSR count). The van der Waals surface area contributed by atoms with Crippen molar-refractivity contribution < 1.29 is 88.6 Å². The van der Waals surface area contributed by atoms with Crippen LogP contribution in [0.3, 0.4) is 0 Å². The number of fused-ring (bicyclic) bond motifs is 6. The van der Waals surface area contributed by atoms with Gasteiger partial charge in [0.1, 0.15) is 34.2 Å². The van der Waals surface area contributed by atoms with Crippen molar-refractivity contribution in [1.29, 1.82) is 0 Å². The van der Waals surface area contributed by atoms with Gasteiger partial charge in [-0.25, -0.2) is 10.9 Å². The van der Waals surface area contributed by atoms with Crippen LogP contribution < -0.4 is 28.1 Å². The lowest BCUT2D eigenvalue weighted by Gasteiger charge is -2.42. The van der Waals surface area contributed by atoms with Gasteiger partial charge >= 0.3 is 0 Å². The highest BCUT2D eigenvalue weighted by Gasteiger charge is 2.51. The summed E-state index contributed by atoms with van der Waals surface area (Å²) in [5.74, 6) is -7.32. The molecule has 13 atom stereocenters. The first-order valence-corrected chi connectivity index (χ1v) is 26.7. The molecule has 25 heteroatoms. The Labute approximate surface area is 467 Å². The van der Waals surface area contributed by atoms with Crippen molar-refractivity contribution in [3.05, 3.63) is 115 Å². The fourth-order valence-electron chi connectivity index (χ4n) is 12.0. The minimum absolute atomic E-state index is 0.00204. The van der Waals surface area contributed by atoms with E-state index in [1.807, 2.05) is 0 Å². The molecular weight excluding hydrogens is 1070 g/mol. The number of nitrogens with two attached hydrogens (primary N) is 3. The van der Waals surface area contributed by atoms with Crippen LogP contribution in [-0.4, -0.2) is 154 Å². The monoisotopic (exact) mass is 1130 g/mol. The number of amides is 2. The maximum Gasteiger partial charge on any atom is 0.241 e. The number of rotatable bonds is 12. The number of hydrazone groups is 2. The fraction of sp³-hybridized carbons (Fsp3) is 0.439. The molecule has 0 bridgehead atoms. The number of ether oxygens (including phenoxy) is 4. The van der Waals surface area contributed by atoms with Crippen molar-refractivity contribution in [1.82, 2.24) is 10.9 Å². The molecule has 434 valence electrons. The van der Waals surface area contributed by atoms with Gasteiger partial charge in [0.2, 0.25) is 11.8 Å². The minimum Gasteiger partial charge on any atom is -0.507 e. The summed E-state index contributed by atoms with van der Waals surface area (Å²) in [6, 6.07) is 9.02. The van der Waals surface area contributed by atoms with Gasteiger partial charge in [0.05, 0.1) is 70.3 Å². The van der Waals surface area contributed by atoms with Crippen LogP contribution in [0.2, 0.25) is 0 Å². The molecule has 1 unspecified atom stereocenters. The van der Waals surface area contributed by atoms with Gasteiger partial charge in [-0.3, -0.25) is 28.8 Å². The Bertz CT molecular complexity index is 3200. The number of aliphatic hydroxyl groups excluding tert-OH is 2. The number of benzene rings is 4. The van der Waals surface area contributed by atoms with Gasteiger partial charge in [0.15, 0.2) is 35.7 Å². The van der Waals surface area contributed by atoms with Crippen LogP contribution in [0.4, 0.5) is 0 Å².